The largest absolute Gasteiger partial charge is 0.299 e. The molecule has 2 nitrogen and oxygen atoms in total. The van der Waals surface area contributed by atoms with Crippen LogP contribution < -0.4 is 0 Å². The van der Waals surface area contributed by atoms with Gasteiger partial charge >= 0.3 is 0 Å². The summed E-state index contributed by atoms with van der Waals surface area (Å²) >= 11 is 0. The van der Waals surface area contributed by atoms with Gasteiger partial charge in [-0.3, -0.25) is 9.69 Å². The zero-order chi connectivity index (χ0) is 12.1. The fraction of sp³-hybridized carbons (Fsp3) is 0.417. The van der Waals surface area contributed by atoms with Gasteiger partial charge in [-0.25, -0.2) is 8.78 Å². The van der Waals surface area contributed by atoms with Crippen molar-refractivity contribution >= 4 is 5.78 Å². The summed E-state index contributed by atoms with van der Waals surface area (Å²) in [5.41, 5.74) is 0.343. The Bertz CT molecular complexity index is 379. The van der Waals surface area contributed by atoms with E-state index in [4.69, 9.17) is 0 Å². The van der Waals surface area contributed by atoms with Crippen molar-refractivity contribution in [2.75, 3.05) is 20.1 Å². The molecule has 0 N–H and O–H groups in total. The van der Waals surface area contributed by atoms with Crippen LogP contribution in [0.25, 0.3) is 0 Å². The Morgan fingerprint density at radius 3 is 2.69 bits per heavy atom. The molecule has 0 radical (unpaired) electrons. The summed E-state index contributed by atoms with van der Waals surface area (Å²) in [6, 6.07) is 3.41. The molecule has 0 atom stereocenters. The lowest BCUT2D eigenvalue weighted by molar-refractivity contribution is -0.117. The van der Waals surface area contributed by atoms with Crippen LogP contribution in [0.3, 0.4) is 0 Å². The number of rotatable bonds is 5. The molecular formula is C12H15F2NO. The van der Waals surface area contributed by atoms with Crippen LogP contribution >= 0.6 is 0 Å². The number of likely N-dealkylation sites (N-methyl/N-ethyl adjacent to an activating group) is 1. The van der Waals surface area contributed by atoms with E-state index in [-0.39, 0.29) is 5.78 Å². The third-order valence-corrected chi connectivity index (χ3v) is 2.26. The lowest BCUT2D eigenvalue weighted by atomic mass is 10.1. The molecular weight excluding hydrogens is 212 g/mol. The van der Waals surface area contributed by atoms with E-state index >= 15 is 0 Å². The first-order valence-electron chi connectivity index (χ1n) is 5.11. The SMILES string of the molecule is CC(=O)CN(C)CCc1cc(F)ccc1F. The van der Waals surface area contributed by atoms with Gasteiger partial charge < -0.3 is 0 Å². The second-order valence-corrected chi connectivity index (χ2v) is 3.93. The molecule has 0 bridgehead atoms. The zero-order valence-corrected chi connectivity index (χ0v) is 9.46. The Balaban J connectivity index is 2.54. The van der Waals surface area contributed by atoms with Crippen molar-refractivity contribution in [3.8, 4) is 0 Å². The number of hydrogen-bond donors (Lipinski definition) is 0. The molecule has 0 spiro atoms. The fourth-order valence-corrected chi connectivity index (χ4v) is 1.51. The molecule has 88 valence electrons. The Morgan fingerprint density at radius 2 is 2.06 bits per heavy atom. The monoisotopic (exact) mass is 227 g/mol. The van der Waals surface area contributed by atoms with E-state index in [9.17, 15) is 13.6 Å². The topological polar surface area (TPSA) is 20.3 Å². The number of benzene rings is 1. The number of Topliss-reactive ketones (excluding diaryl/α,β-unsaturated/α-hetero) is 1. The van der Waals surface area contributed by atoms with Crippen LogP contribution in [0, 0.1) is 11.6 Å². The lowest BCUT2D eigenvalue weighted by Gasteiger charge is -2.14. The molecule has 0 fully saturated rings. The first kappa shape index (κ1) is 12.8. The minimum Gasteiger partial charge on any atom is -0.299 e. The van der Waals surface area contributed by atoms with Crippen molar-refractivity contribution in [1.29, 1.82) is 0 Å². The number of carbonyl (C=O) groups is 1. The van der Waals surface area contributed by atoms with Gasteiger partial charge in [0.1, 0.15) is 17.4 Å². The number of hydrogen-bond acceptors (Lipinski definition) is 2. The minimum absolute atomic E-state index is 0.0576. The average molecular weight is 227 g/mol. The Kier molecular flexibility index (Phi) is 4.55. The van der Waals surface area contributed by atoms with Crippen LogP contribution in [0.5, 0.6) is 0 Å². The maximum atomic E-state index is 13.2. The Morgan fingerprint density at radius 1 is 1.38 bits per heavy atom. The van der Waals surface area contributed by atoms with Gasteiger partial charge in [0, 0.05) is 6.54 Å². The van der Waals surface area contributed by atoms with Crippen molar-refractivity contribution < 1.29 is 13.6 Å². The summed E-state index contributed by atoms with van der Waals surface area (Å²) in [4.78, 5) is 12.6. The molecule has 1 rings (SSSR count). The van der Waals surface area contributed by atoms with Crippen molar-refractivity contribution in [2.24, 2.45) is 0 Å². The summed E-state index contributed by atoms with van der Waals surface area (Å²) in [5.74, 6) is -0.787. The van der Waals surface area contributed by atoms with Crippen LogP contribution in [0.2, 0.25) is 0 Å². The number of nitrogens with zero attached hydrogens (tertiary/aromatic N) is 1. The fourth-order valence-electron chi connectivity index (χ4n) is 1.51. The minimum atomic E-state index is -0.439. The van der Waals surface area contributed by atoms with E-state index in [1.165, 1.54) is 13.0 Å². The van der Waals surface area contributed by atoms with Gasteiger partial charge in [0.25, 0.3) is 0 Å². The normalized spacial score (nSPS) is 10.8. The highest BCUT2D eigenvalue weighted by Crippen LogP contribution is 2.10. The summed E-state index contributed by atoms with van der Waals surface area (Å²) in [6.45, 7) is 2.36. The smallest absolute Gasteiger partial charge is 0.143 e. The van der Waals surface area contributed by atoms with Crippen LogP contribution in [0.15, 0.2) is 18.2 Å². The van der Waals surface area contributed by atoms with Gasteiger partial charge in [-0.15, -0.1) is 0 Å². The van der Waals surface area contributed by atoms with E-state index in [1.54, 1.807) is 11.9 Å². The maximum Gasteiger partial charge on any atom is 0.143 e. The second kappa shape index (κ2) is 5.70. The number of carbonyl (C=O) groups excluding carboxylic acids is 1. The van der Waals surface area contributed by atoms with Gasteiger partial charge in [-0.05, 0) is 44.2 Å². The van der Waals surface area contributed by atoms with Crippen LogP contribution in [-0.2, 0) is 11.2 Å². The summed E-state index contributed by atoms with van der Waals surface area (Å²) in [5, 5.41) is 0. The third-order valence-electron chi connectivity index (χ3n) is 2.26. The van der Waals surface area contributed by atoms with Crippen LogP contribution in [0.4, 0.5) is 8.78 Å². The van der Waals surface area contributed by atoms with Gasteiger partial charge in [0.15, 0.2) is 0 Å². The van der Waals surface area contributed by atoms with Crippen molar-refractivity contribution in [2.45, 2.75) is 13.3 Å². The van der Waals surface area contributed by atoms with Crippen molar-refractivity contribution in [3.63, 3.8) is 0 Å². The Hall–Kier alpha value is -1.29. The molecule has 0 aromatic heterocycles. The lowest BCUT2D eigenvalue weighted by Crippen LogP contribution is -2.26. The van der Waals surface area contributed by atoms with Crippen molar-refractivity contribution in [1.82, 2.24) is 4.90 Å². The summed E-state index contributed by atoms with van der Waals surface area (Å²) in [6.07, 6.45) is 0.396. The molecule has 0 heterocycles. The Labute approximate surface area is 93.9 Å². The average Bonchev–Trinajstić information content (AvgIpc) is 2.18. The van der Waals surface area contributed by atoms with E-state index in [1.807, 2.05) is 0 Å². The molecule has 1 aromatic rings. The van der Waals surface area contributed by atoms with Crippen LogP contribution in [-0.4, -0.2) is 30.8 Å². The molecule has 0 saturated heterocycles. The predicted octanol–water partition coefficient (Wildman–Crippen LogP) is 2.03. The van der Waals surface area contributed by atoms with E-state index < -0.39 is 11.6 Å². The zero-order valence-electron chi connectivity index (χ0n) is 9.46. The molecule has 0 aliphatic rings. The summed E-state index contributed by atoms with van der Waals surface area (Å²) in [7, 11) is 1.78. The number of ketones is 1. The number of halogens is 2. The molecule has 0 amide bonds. The van der Waals surface area contributed by atoms with E-state index in [0.29, 0.717) is 25.1 Å². The highest BCUT2D eigenvalue weighted by Gasteiger charge is 2.06. The molecule has 0 aliphatic carbocycles. The highest BCUT2D eigenvalue weighted by atomic mass is 19.1. The van der Waals surface area contributed by atoms with Gasteiger partial charge in [0.2, 0.25) is 0 Å². The predicted molar refractivity (Wildman–Crippen MR) is 58.2 cm³/mol. The second-order valence-electron chi connectivity index (χ2n) is 3.93. The highest BCUT2D eigenvalue weighted by molar-refractivity contribution is 5.77. The summed E-state index contributed by atoms with van der Waals surface area (Å²) < 4.78 is 26.1. The molecule has 1 aromatic carbocycles. The first-order chi connectivity index (χ1) is 7.49. The van der Waals surface area contributed by atoms with Gasteiger partial charge in [0.05, 0.1) is 6.54 Å². The molecule has 16 heavy (non-hydrogen) atoms. The van der Waals surface area contributed by atoms with Crippen LogP contribution in [0.1, 0.15) is 12.5 Å². The molecule has 0 unspecified atom stereocenters. The van der Waals surface area contributed by atoms with E-state index in [0.717, 1.165) is 12.1 Å². The van der Waals surface area contributed by atoms with Gasteiger partial charge in [-0.2, -0.15) is 0 Å². The third kappa shape index (κ3) is 4.06. The molecule has 0 saturated carbocycles. The standard InChI is InChI=1S/C12H15F2NO/c1-9(16)8-15(2)6-5-10-7-11(13)3-4-12(10)14/h3-4,7H,5-6,8H2,1-2H3. The first-order valence-corrected chi connectivity index (χ1v) is 5.11. The molecule has 0 aliphatic heterocycles. The quantitative estimate of drug-likeness (QED) is 0.767. The van der Waals surface area contributed by atoms with E-state index in [2.05, 4.69) is 0 Å². The van der Waals surface area contributed by atoms with Crippen molar-refractivity contribution in [3.05, 3.63) is 35.4 Å². The maximum absolute atomic E-state index is 13.2. The molecule has 4 heteroatoms. The van der Waals surface area contributed by atoms with Gasteiger partial charge in [-0.1, -0.05) is 0 Å².